The molecule has 0 atom stereocenters. The SMILES string of the molecule is c1ccc(N(c2ccc3c(c2)oc2ccccc23)c2c(N(c3ccccc3)c3cccc4sc5ccccc5c34)c3ccccc3c3ccccc23)cc1. The number of rotatable bonds is 6. The monoisotopic (exact) mass is 708 g/mol. The summed E-state index contributed by atoms with van der Waals surface area (Å²) in [5.41, 5.74) is 8.23. The number of thiophene rings is 1. The minimum atomic E-state index is 0.857. The fraction of sp³-hybridized carbons (Fsp3) is 0. The molecule has 0 N–H and O–H groups in total. The van der Waals surface area contributed by atoms with Gasteiger partial charge in [0, 0.05) is 64.8 Å². The van der Waals surface area contributed by atoms with Gasteiger partial charge in [-0.3, -0.25) is 0 Å². The van der Waals surface area contributed by atoms with Crippen LogP contribution in [0.25, 0.3) is 63.7 Å². The van der Waals surface area contributed by atoms with Crippen molar-refractivity contribution in [2.45, 2.75) is 0 Å². The van der Waals surface area contributed by atoms with E-state index in [0.717, 1.165) is 66.8 Å². The molecule has 2 heterocycles. The first kappa shape index (κ1) is 30.7. The van der Waals surface area contributed by atoms with Crippen LogP contribution in [0.1, 0.15) is 0 Å². The van der Waals surface area contributed by atoms with Crippen LogP contribution in [0, 0.1) is 0 Å². The fourth-order valence-electron chi connectivity index (χ4n) is 8.30. The highest BCUT2D eigenvalue weighted by Crippen LogP contribution is 2.55. The van der Waals surface area contributed by atoms with Gasteiger partial charge in [-0.05, 0) is 71.4 Å². The molecule has 0 spiro atoms. The Morgan fingerprint density at radius 3 is 1.56 bits per heavy atom. The zero-order chi connectivity index (χ0) is 35.6. The first-order chi connectivity index (χ1) is 26.8. The third-order valence-electron chi connectivity index (χ3n) is 10.6. The average molecular weight is 709 g/mol. The van der Waals surface area contributed by atoms with Crippen LogP contribution in [0.4, 0.5) is 34.1 Å². The van der Waals surface area contributed by atoms with Crippen LogP contribution >= 0.6 is 11.3 Å². The smallest absolute Gasteiger partial charge is 0.137 e. The summed E-state index contributed by atoms with van der Waals surface area (Å²) in [4.78, 5) is 4.93. The van der Waals surface area contributed by atoms with E-state index < -0.39 is 0 Å². The number of nitrogens with zero attached hydrogens (tertiary/aromatic N) is 2. The van der Waals surface area contributed by atoms with Crippen molar-refractivity contribution in [2.75, 3.05) is 9.80 Å². The lowest BCUT2D eigenvalue weighted by Crippen LogP contribution is -2.18. The molecule has 0 aliphatic carbocycles. The van der Waals surface area contributed by atoms with E-state index in [2.05, 4.69) is 192 Å². The summed E-state index contributed by atoms with van der Waals surface area (Å²) in [6, 6.07) is 69.8. The Labute approximate surface area is 316 Å². The van der Waals surface area contributed by atoms with E-state index in [4.69, 9.17) is 4.42 Å². The molecular weight excluding hydrogens is 677 g/mol. The highest BCUT2D eigenvalue weighted by molar-refractivity contribution is 7.26. The quantitative estimate of drug-likeness (QED) is 0.127. The highest BCUT2D eigenvalue weighted by Gasteiger charge is 2.29. The standard InChI is InChI=1S/C50H32N2OS/c1-3-16-33(17-4-1)51(35-30-31-39-38-22-11-13-27-44(38)53-45(39)32-35)49-40-23-9-7-20-36(40)37-21-8-10-24-41(37)50(49)52(34-18-5-2-6-19-34)43-26-15-29-47-48(43)42-25-12-14-28-46(42)54-47/h1-32H. The van der Waals surface area contributed by atoms with Gasteiger partial charge in [0.25, 0.3) is 0 Å². The molecule has 2 aromatic heterocycles. The summed E-state index contributed by atoms with van der Waals surface area (Å²) in [5.74, 6) is 0. The average Bonchev–Trinajstić information content (AvgIpc) is 3.81. The van der Waals surface area contributed by atoms with Gasteiger partial charge in [-0.15, -0.1) is 11.3 Å². The molecule has 4 heteroatoms. The molecule has 0 saturated heterocycles. The third kappa shape index (κ3) is 4.74. The van der Waals surface area contributed by atoms with Gasteiger partial charge in [0.1, 0.15) is 11.2 Å². The topological polar surface area (TPSA) is 19.6 Å². The largest absolute Gasteiger partial charge is 0.456 e. The van der Waals surface area contributed by atoms with E-state index in [1.807, 2.05) is 23.5 Å². The van der Waals surface area contributed by atoms with Gasteiger partial charge in [-0.1, -0.05) is 127 Å². The molecule has 0 radical (unpaired) electrons. The van der Waals surface area contributed by atoms with Crippen molar-refractivity contribution in [3.8, 4) is 0 Å². The zero-order valence-corrected chi connectivity index (χ0v) is 30.0. The molecule has 0 aliphatic rings. The molecule has 0 bridgehead atoms. The van der Waals surface area contributed by atoms with Crippen LogP contribution in [0.5, 0.6) is 0 Å². The van der Waals surface area contributed by atoms with Gasteiger partial charge in [-0.2, -0.15) is 0 Å². The molecule has 54 heavy (non-hydrogen) atoms. The third-order valence-corrected chi connectivity index (χ3v) is 11.7. The molecular formula is C50H32N2OS. The number of fused-ring (bicyclic) bond motifs is 9. The summed E-state index contributed by atoms with van der Waals surface area (Å²) in [7, 11) is 0. The van der Waals surface area contributed by atoms with Gasteiger partial charge in [0.05, 0.1) is 17.1 Å². The normalized spacial score (nSPS) is 11.7. The molecule has 0 fully saturated rings. The summed E-state index contributed by atoms with van der Waals surface area (Å²) >= 11 is 1.85. The zero-order valence-electron chi connectivity index (χ0n) is 29.2. The number of anilines is 6. The molecule has 0 unspecified atom stereocenters. The molecule has 0 aliphatic heterocycles. The van der Waals surface area contributed by atoms with Gasteiger partial charge in [0.15, 0.2) is 0 Å². The Kier molecular flexibility index (Phi) is 7.04. The van der Waals surface area contributed by atoms with Crippen LogP contribution < -0.4 is 9.80 Å². The summed E-state index contributed by atoms with van der Waals surface area (Å²) in [5, 5.41) is 9.46. The lowest BCUT2D eigenvalue weighted by Gasteiger charge is -2.35. The second-order valence-corrected chi connectivity index (χ2v) is 14.7. The predicted octanol–water partition coefficient (Wildman–Crippen LogP) is 15.2. The maximum Gasteiger partial charge on any atom is 0.137 e. The number of hydrogen-bond acceptors (Lipinski definition) is 4. The second-order valence-electron chi connectivity index (χ2n) is 13.7. The number of benzene rings is 9. The highest BCUT2D eigenvalue weighted by atomic mass is 32.1. The minimum Gasteiger partial charge on any atom is -0.456 e. The van der Waals surface area contributed by atoms with E-state index in [1.165, 1.54) is 30.9 Å². The van der Waals surface area contributed by atoms with Crippen molar-refractivity contribution in [3.05, 3.63) is 194 Å². The van der Waals surface area contributed by atoms with Crippen molar-refractivity contribution in [1.82, 2.24) is 0 Å². The first-order valence-corrected chi connectivity index (χ1v) is 19.1. The van der Waals surface area contributed by atoms with Crippen molar-refractivity contribution < 1.29 is 4.42 Å². The molecule has 254 valence electrons. The number of para-hydroxylation sites is 3. The van der Waals surface area contributed by atoms with E-state index in [1.54, 1.807) is 0 Å². The minimum absolute atomic E-state index is 0.857. The summed E-state index contributed by atoms with van der Waals surface area (Å²) in [6.07, 6.45) is 0. The molecule has 3 nitrogen and oxygen atoms in total. The van der Waals surface area contributed by atoms with Crippen molar-refractivity contribution in [3.63, 3.8) is 0 Å². The van der Waals surface area contributed by atoms with Crippen LogP contribution in [0.2, 0.25) is 0 Å². The van der Waals surface area contributed by atoms with Crippen LogP contribution in [0.15, 0.2) is 199 Å². The van der Waals surface area contributed by atoms with E-state index in [0.29, 0.717) is 0 Å². The van der Waals surface area contributed by atoms with Crippen LogP contribution in [-0.4, -0.2) is 0 Å². The van der Waals surface area contributed by atoms with Crippen molar-refractivity contribution in [2.24, 2.45) is 0 Å². The summed E-state index contributed by atoms with van der Waals surface area (Å²) < 4.78 is 9.07. The first-order valence-electron chi connectivity index (χ1n) is 18.3. The molecule has 9 aromatic carbocycles. The lowest BCUT2D eigenvalue weighted by molar-refractivity contribution is 0.669. The summed E-state index contributed by atoms with van der Waals surface area (Å²) in [6.45, 7) is 0. The molecule has 0 amide bonds. The van der Waals surface area contributed by atoms with Crippen LogP contribution in [-0.2, 0) is 0 Å². The Morgan fingerprint density at radius 1 is 0.333 bits per heavy atom. The van der Waals surface area contributed by atoms with Gasteiger partial charge in [0.2, 0.25) is 0 Å². The van der Waals surface area contributed by atoms with Crippen molar-refractivity contribution >= 4 is 109 Å². The second kappa shape index (κ2) is 12.4. The fourth-order valence-corrected chi connectivity index (χ4v) is 9.43. The van der Waals surface area contributed by atoms with Crippen molar-refractivity contribution in [1.29, 1.82) is 0 Å². The van der Waals surface area contributed by atoms with Gasteiger partial charge in [-0.25, -0.2) is 0 Å². The van der Waals surface area contributed by atoms with E-state index in [-0.39, 0.29) is 0 Å². The maximum atomic E-state index is 6.53. The van der Waals surface area contributed by atoms with E-state index in [9.17, 15) is 0 Å². The molecule has 11 rings (SSSR count). The van der Waals surface area contributed by atoms with E-state index >= 15 is 0 Å². The Balaban J connectivity index is 1.32. The Morgan fingerprint density at radius 2 is 0.852 bits per heavy atom. The number of hydrogen-bond donors (Lipinski definition) is 0. The lowest BCUT2D eigenvalue weighted by atomic mass is 9.95. The molecule has 11 aromatic rings. The Bertz CT molecular complexity index is 3180. The predicted molar refractivity (Wildman–Crippen MR) is 231 cm³/mol. The van der Waals surface area contributed by atoms with Crippen LogP contribution in [0.3, 0.4) is 0 Å². The molecule has 0 saturated carbocycles. The van der Waals surface area contributed by atoms with Gasteiger partial charge >= 0.3 is 0 Å². The maximum absolute atomic E-state index is 6.53. The number of furan rings is 1. The Hall–Kier alpha value is -6.88. The van der Waals surface area contributed by atoms with Gasteiger partial charge < -0.3 is 14.2 Å².